The maximum Gasteiger partial charge on any atom is 0.0122 e. The molecule has 0 heterocycles. The highest BCUT2D eigenvalue weighted by molar-refractivity contribution is 7.80. The quantitative estimate of drug-likeness (QED) is 0.331. The zero-order valence-corrected chi connectivity index (χ0v) is 16.0. The number of hydrogen-bond donors (Lipinski definition) is 1. The third-order valence-corrected chi connectivity index (χ3v) is 6.72. The average Bonchev–Trinajstić information content (AvgIpc) is 2.72. The molecular formula is C26H20S. The Hall–Kier alpha value is -2.51. The Balaban J connectivity index is 1.79. The van der Waals surface area contributed by atoms with Crippen molar-refractivity contribution in [3.05, 3.63) is 89.0 Å². The molecule has 4 aromatic rings. The molecule has 130 valence electrons. The lowest BCUT2D eigenvalue weighted by Crippen LogP contribution is -2.12. The van der Waals surface area contributed by atoms with Crippen molar-refractivity contribution in [3.63, 3.8) is 0 Å². The van der Waals surface area contributed by atoms with E-state index in [4.69, 9.17) is 12.6 Å². The third-order valence-electron chi connectivity index (χ3n) is 6.35. The van der Waals surface area contributed by atoms with Gasteiger partial charge in [-0.05, 0) is 87.0 Å². The van der Waals surface area contributed by atoms with Crippen LogP contribution in [0.2, 0.25) is 0 Å². The summed E-state index contributed by atoms with van der Waals surface area (Å²) in [5, 5.41) is 2.71. The van der Waals surface area contributed by atoms with E-state index in [-0.39, 0.29) is 0 Å². The molecule has 4 aromatic carbocycles. The van der Waals surface area contributed by atoms with E-state index < -0.39 is 0 Å². The van der Waals surface area contributed by atoms with Gasteiger partial charge in [-0.1, -0.05) is 60.7 Å². The number of rotatable bonds is 0. The zero-order valence-electron chi connectivity index (χ0n) is 15.1. The van der Waals surface area contributed by atoms with Gasteiger partial charge >= 0.3 is 0 Å². The van der Waals surface area contributed by atoms with Gasteiger partial charge in [-0.25, -0.2) is 0 Å². The smallest absolute Gasteiger partial charge is 0.0122 e. The van der Waals surface area contributed by atoms with Crippen LogP contribution in [0, 0.1) is 0 Å². The van der Waals surface area contributed by atoms with Crippen molar-refractivity contribution in [1.29, 1.82) is 0 Å². The second kappa shape index (κ2) is 5.74. The van der Waals surface area contributed by atoms with Crippen LogP contribution in [0.25, 0.3) is 33.0 Å². The van der Waals surface area contributed by atoms with Gasteiger partial charge in [0.25, 0.3) is 0 Å². The first-order valence-corrected chi connectivity index (χ1v) is 10.2. The molecule has 0 aliphatic heterocycles. The third kappa shape index (κ3) is 2.18. The highest BCUT2D eigenvalue weighted by atomic mass is 32.1. The summed E-state index contributed by atoms with van der Waals surface area (Å²) in [5.74, 6) is 0. The molecule has 2 aliphatic rings. The first-order chi connectivity index (χ1) is 13.3. The van der Waals surface area contributed by atoms with E-state index in [1.54, 1.807) is 0 Å². The van der Waals surface area contributed by atoms with E-state index in [1.165, 1.54) is 55.3 Å². The van der Waals surface area contributed by atoms with Crippen LogP contribution in [0.15, 0.2) is 71.6 Å². The van der Waals surface area contributed by atoms with Crippen molar-refractivity contribution in [2.75, 3.05) is 0 Å². The summed E-state index contributed by atoms with van der Waals surface area (Å²) < 4.78 is 0. The lowest BCUT2D eigenvalue weighted by Gasteiger charge is -2.30. The lowest BCUT2D eigenvalue weighted by molar-refractivity contribution is 0.913. The maximum atomic E-state index is 4.87. The van der Waals surface area contributed by atoms with Gasteiger partial charge in [0.05, 0.1) is 0 Å². The van der Waals surface area contributed by atoms with Crippen molar-refractivity contribution < 1.29 is 0 Å². The SMILES string of the molecule is Sc1cccc2c1-c1c(ccc3c1-c1c(ccc4ccccc14)CC3)CC2. The minimum atomic E-state index is 1.11. The Labute approximate surface area is 165 Å². The van der Waals surface area contributed by atoms with Crippen LogP contribution in [-0.2, 0) is 25.7 Å². The van der Waals surface area contributed by atoms with Gasteiger partial charge in [0.15, 0.2) is 0 Å². The minimum Gasteiger partial charge on any atom is -0.143 e. The number of thiol groups is 1. The predicted octanol–water partition coefficient (Wildman–Crippen LogP) is 6.66. The van der Waals surface area contributed by atoms with Gasteiger partial charge in [-0.2, -0.15) is 0 Å². The molecule has 0 amide bonds. The maximum absolute atomic E-state index is 4.87. The Bertz CT molecular complexity index is 1230. The topological polar surface area (TPSA) is 0 Å². The van der Waals surface area contributed by atoms with Gasteiger partial charge < -0.3 is 0 Å². The minimum absolute atomic E-state index is 1.11. The summed E-state index contributed by atoms with van der Waals surface area (Å²) >= 11 is 4.87. The van der Waals surface area contributed by atoms with E-state index in [0.717, 1.165) is 30.6 Å². The Morgan fingerprint density at radius 1 is 0.481 bits per heavy atom. The van der Waals surface area contributed by atoms with E-state index in [2.05, 4.69) is 66.7 Å². The molecule has 0 bridgehead atoms. The van der Waals surface area contributed by atoms with Crippen LogP contribution in [0.3, 0.4) is 0 Å². The standard InChI is InChI=1S/C26H20S/c27-22-7-3-5-17-10-12-20-15-14-19-13-11-18-9-8-16-4-1-2-6-21(16)23(18)25(19)26(20)24(17)22/h1-9,14-15,27H,10-13H2. The molecule has 0 aromatic heterocycles. The fourth-order valence-electron chi connectivity index (χ4n) is 5.12. The summed E-state index contributed by atoms with van der Waals surface area (Å²) in [6, 6.07) is 24.8. The van der Waals surface area contributed by atoms with Crippen molar-refractivity contribution in [2.45, 2.75) is 30.6 Å². The molecule has 27 heavy (non-hydrogen) atoms. The van der Waals surface area contributed by atoms with Crippen LogP contribution in [-0.4, -0.2) is 0 Å². The van der Waals surface area contributed by atoms with E-state index in [1.807, 2.05) is 0 Å². The molecule has 0 saturated heterocycles. The van der Waals surface area contributed by atoms with Crippen molar-refractivity contribution >= 4 is 23.4 Å². The fraction of sp³-hybridized carbons (Fsp3) is 0.154. The molecule has 0 radical (unpaired) electrons. The van der Waals surface area contributed by atoms with Crippen LogP contribution >= 0.6 is 12.6 Å². The second-order valence-corrected chi connectivity index (χ2v) is 8.25. The van der Waals surface area contributed by atoms with E-state index in [0.29, 0.717) is 0 Å². The predicted molar refractivity (Wildman–Crippen MR) is 117 cm³/mol. The first-order valence-electron chi connectivity index (χ1n) is 9.78. The molecule has 6 rings (SSSR count). The summed E-state index contributed by atoms with van der Waals surface area (Å²) in [6.45, 7) is 0. The highest BCUT2D eigenvalue weighted by Gasteiger charge is 2.27. The molecule has 0 atom stereocenters. The van der Waals surface area contributed by atoms with Gasteiger partial charge in [0.2, 0.25) is 0 Å². The van der Waals surface area contributed by atoms with Crippen LogP contribution in [0.4, 0.5) is 0 Å². The summed E-state index contributed by atoms with van der Waals surface area (Å²) in [4.78, 5) is 1.11. The Morgan fingerprint density at radius 2 is 1.07 bits per heavy atom. The van der Waals surface area contributed by atoms with Crippen molar-refractivity contribution in [1.82, 2.24) is 0 Å². The Kier molecular flexibility index (Phi) is 3.30. The van der Waals surface area contributed by atoms with Crippen molar-refractivity contribution in [3.8, 4) is 22.3 Å². The first kappa shape index (κ1) is 15.5. The van der Waals surface area contributed by atoms with Crippen LogP contribution in [0.1, 0.15) is 22.3 Å². The molecule has 0 nitrogen and oxygen atoms in total. The summed E-state index contributed by atoms with van der Waals surface area (Å²) in [5.41, 5.74) is 11.6. The normalized spacial score (nSPS) is 14.3. The summed E-state index contributed by atoms with van der Waals surface area (Å²) in [7, 11) is 0. The molecule has 0 saturated carbocycles. The van der Waals surface area contributed by atoms with Crippen LogP contribution < -0.4 is 0 Å². The molecule has 0 spiro atoms. The van der Waals surface area contributed by atoms with Crippen molar-refractivity contribution in [2.24, 2.45) is 0 Å². The molecule has 0 N–H and O–H groups in total. The molecule has 1 heteroatoms. The molecule has 2 aliphatic carbocycles. The van der Waals surface area contributed by atoms with Gasteiger partial charge in [-0.3, -0.25) is 0 Å². The number of fused-ring (bicyclic) bond motifs is 9. The molecule has 0 unspecified atom stereocenters. The molecular weight excluding hydrogens is 344 g/mol. The average molecular weight is 365 g/mol. The Morgan fingerprint density at radius 3 is 1.85 bits per heavy atom. The fourth-order valence-corrected chi connectivity index (χ4v) is 5.46. The number of hydrogen-bond acceptors (Lipinski definition) is 1. The number of benzene rings is 4. The largest absolute Gasteiger partial charge is 0.143 e. The van der Waals surface area contributed by atoms with Gasteiger partial charge in [0, 0.05) is 4.90 Å². The van der Waals surface area contributed by atoms with E-state index in [9.17, 15) is 0 Å². The highest BCUT2D eigenvalue weighted by Crippen LogP contribution is 2.49. The van der Waals surface area contributed by atoms with Gasteiger partial charge in [0.1, 0.15) is 0 Å². The monoisotopic (exact) mass is 364 g/mol. The number of aryl methyl sites for hydroxylation is 4. The lowest BCUT2D eigenvalue weighted by atomic mass is 9.74. The second-order valence-electron chi connectivity index (χ2n) is 7.77. The molecule has 0 fully saturated rings. The van der Waals surface area contributed by atoms with Gasteiger partial charge in [-0.15, -0.1) is 12.6 Å². The zero-order chi connectivity index (χ0) is 18.0. The summed E-state index contributed by atoms with van der Waals surface area (Å²) in [6.07, 6.45) is 4.48. The van der Waals surface area contributed by atoms with E-state index >= 15 is 0 Å². The van der Waals surface area contributed by atoms with Crippen LogP contribution in [0.5, 0.6) is 0 Å².